The summed E-state index contributed by atoms with van der Waals surface area (Å²) in [6.07, 6.45) is 0.930. The van der Waals surface area contributed by atoms with Gasteiger partial charge in [0.1, 0.15) is 28.8 Å². The van der Waals surface area contributed by atoms with Gasteiger partial charge in [0.05, 0.1) is 0 Å². The van der Waals surface area contributed by atoms with Crippen molar-refractivity contribution in [1.82, 2.24) is 14.9 Å². The van der Waals surface area contributed by atoms with E-state index in [4.69, 9.17) is 27.1 Å². The van der Waals surface area contributed by atoms with Crippen molar-refractivity contribution in [2.45, 2.75) is 37.5 Å². The summed E-state index contributed by atoms with van der Waals surface area (Å²) in [5.74, 6) is 0.719. The molecule has 7 rings (SSSR count). The normalized spacial score (nSPS) is 18.8. The van der Waals surface area contributed by atoms with E-state index in [9.17, 15) is 9.59 Å². The summed E-state index contributed by atoms with van der Waals surface area (Å²) in [4.78, 5) is 36.7. The molecule has 1 aliphatic heterocycles. The van der Waals surface area contributed by atoms with Crippen molar-refractivity contribution in [2.75, 3.05) is 11.9 Å². The van der Waals surface area contributed by atoms with Crippen molar-refractivity contribution >= 4 is 29.3 Å². The summed E-state index contributed by atoms with van der Waals surface area (Å²) in [5, 5.41) is 3.15. The molecule has 1 aliphatic carbocycles. The highest BCUT2D eigenvalue weighted by molar-refractivity contribution is 6.32. The number of anilines is 1. The second-order valence-electron chi connectivity index (χ2n) is 11.5. The van der Waals surface area contributed by atoms with Crippen LogP contribution in [0.1, 0.15) is 50.8 Å². The molecule has 4 N–H and O–H groups in total. The van der Waals surface area contributed by atoms with Crippen molar-refractivity contribution < 1.29 is 14.3 Å². The van der Waals surface area contributed by atoms with Crippen LogP contribution in [0.4, 0.5) is 10.5 Å². The zero-order valence-corrected chi connectivity index (χ0v) is 25.3. The first-order chi connectivity index (χ1) is 22.0. The number of hydrogen-bond acceptors (Lipinski definition) is 5. The van der Waals surface area contributed by atoms with E-state index >= 15 is 0 Å². The summed E-state index contributed by atoms with van der Waals surface area (Å²) in [5.41, 5.74) is 12.0. The fraction of sp³-hybridized carbons (Fsp3) is 0.194. The lowest BCUT2D eigenvalue weighted by molar-refractivity contribution is 0.0605. The van der Waals surface area contributed by atoms with Crippen LogP contribution in [-0.2, 0) is 29.8 Å². The van der Waals surface area contributed by atoms with Gasteiger partial charge in [-0.1, -0.05) is 96.5 Å². The van der Waals surface area contributed by atoms with Crippen LogP contribution in [0.25, 0.3) is 11.3 Å². The molecule has 0 radical (unpaired) electrons. The summed E-state index contributed by atoms with van der Waals surface area (Å²) >= 11 is 6.80. The van der Waals surface area contributed by atoms with Crippen LogP contribution in [0.15, 0.2) is 103 Å². The van der Waals surface area contributed by atoms with Gasteiger partial charge in [-0.2, -0.15) is 0 Å². The van der Waals surface area contributed by atoms with E-state index < -0.39 is 11.6 Å². The first-order valence-corrected chi connectivity index (χ1v) is 15.4. The smallest absolute Gasteiger partial charge is 0.411 e. The summed E-state index contributed by atoms with van der Waals surface area (Å²) in [7, 11) is 0. The largest absolute Gasteiger partial charge is 0.444 e. The molecule has 0 spiro atoms. The number of aromatic nitrogens is 2. The number of amides is 2. The minimum absolute atomic E-state index is 0.0121. The summed E-state index contributed by atoms with van der Waals surface area (Å²) < 4.78 is 5.33. The highest BCUT2D eigenvalue weighted by atomic mass is 35.5. The van der Waals surface area contributed by atoms with E-state index in [1.807, 2.05) is 83.8 Å². The molecular formula is C36H32ClN5O3. The highest BCUT2D eigenvalue weighted by Gasteiger charge is 2.64. The molecule has 8 nitrogen and oxygen atoms in total. The first kappa shape index (κ1) is 28.8. The Balaban J connectivity index is 1.14. The molecule has 1 aromatic heterocycles. The lowest BCUT2D eigenvalue weighted by Gasteiger charge is -2.36. The number of aromatic amines is 1. The number of nitrogens with zero attached hydrogens (tertiary/aromatic N) is 2. The molecule has 5 aromatic rings. The lowest BCUT2D eigenvalue weighted by atomic mass is 9.93. The van der Waals surface area contributed by atoms with Crippen LogP contribution in [-0.4, -0.2) is 33.4 Å². The maximum atomic E-state index is 14.0. The number of carbonyl (C=O) groups excluding carboxylic acids is 2. The summed E-state index contributed by atoms with van der Waals surface area (Å²) in [6.45, 7) is 1.19. The molecule has 2 aliphatic rings. The number of nitrogens with one attached hydrogen (secondary N) is 2. The zero-order valence-electron chi connectivity index (χ0n) is 24.5. The molecule has 9 heteroatoms. The number of fused-ring (bicyclic) bond motifs is 1. The Morgan fingerprint density at radius 2 is 1.73 bits per heavy atom. The van der Waals surface area contributed by atoms with Gasteiger partial charge in [-0.25, -0.2) is 9.78 Å². The molecule has 1 fully saturated rings. The van der Waals surface area contributed by atoms with Gasteiger partial charge in [-0.3, -0.25) is 10.1 Å². The third-order valence-corrected chi connectivity index (χ3v) is 9.06. The van der Waals surface area contributed by atoms with Crippen molar-refractivity contribution in [1.29, 1.82) is 0 Å². The molecule has 2 amide bonds. The van der Waals surface area contributed by atoms with Crippen molar-refractivity contribution in [2.24, 2.45) is 5.73 Å². The monoisotopic (exact) mass is 617 g/mol. The average molecular weight is 618 g/mol. The van der Waals surface area contributed by atoms with Gasteiger partial charge in [0.2, 0.25) is 0 Å². The number of hydrogen-bond donors (Lipinski definition) is 3. The van der Waals surface area contributed by atoms with Gasteiger partial charge in [0, 0.05) is 35.8 Å². The number of halogens is 1. The third kappa shape index (κ3) is 5.47. The fourth-order valence-electron chi connectivity index (χ4n) is 6.41. The number of ether oxygens (including phenoxy) is 1. The van der Waals surface area contributed by atoms with E-state index in [0.29, 0.717) is 41.0 Å². The molecular weight excluding hydrogens is 586 g/mol. The minimum Gasteiger partial charge on any atom is -0.444 e. The number of rotatable bonds is 8. The van der Waals surface area contributed by atoms with Crippen LogP contribution >= 0.6 is 11.6 Å². The first-order valence-electron chi connectivity index (χ1n) is 15.0. The van der Waals surface area contributed by atoms with Crippen LogP contribution in [0.3, 0.4) is 0 Å². The fourth-order valence-corrected chi connectivity index (χ4v) is 6.65. The van der Waals surface area contributed by atoms with Gasteiger partial charge in [-0.05, 0) is 53.3 Å². The molecule has 0 bridgehead atoms. The Kier molecular flexibility index (Phi) is 7.61. The topological polar surface area (TPSA) is 113 Å². The second-order valence-corrected chi connectivity index (χ2v) is 11.9. The molecule has 226 valence electrons. The number of imidazole rings is 1. The second kappa shape index (κ2) is 11.9. The highest BCUT2D eigenvalue weighted by Crippen LogP contribution is 2.62. The maximum absolute atomic E-state index is 14.0. The Hall–Kier alpha value is -4.92. The molecule has 0 saturated heterocycles. The van der Waals surface area contributed by atoms with Crippen molar-refractivity contribution in [3.05, 3.63) is 142 Å². The predicted octanol–water partition coefficient (Wildman–Crippen LogP) is 7.02. The predicted molar refractivity (Wildman–Crippen MR) is 174 cm³/mol. The van der Waals surface area contributed by atoms with Crippen molar-refractivity contribution in [3.63, 3.8) is 0 Å². The Morgan fingerprint density at radius 3 is 2.47 bits per heavy atom. The van der Waals surface area contributed by atoms with Gasteiger partial charge >= 0.3 is 6.09 Å². The number of H-pyrrole nitrogens is 1. The van der Waals surface area contributed by atoms with Gasteiger partial charge in [-0.15, -0.1) is 0 Å². The quantitative estimate of drug-likeness (QED) is 0.173. The Labute approximate surface area is 266 Å². The van der Waals surface area contributed by atoms with Gasteiger partial charge in [0.25, 0.3) is 5.91 Å². The average Bonchev–Trinajstić information content (AvgIpc) is 3.71. The van der Waals surface area contributed by atoms with Gasteiger partial charge < -0.3 is 20.4 Å². The van der Waals surface area contributed by atoms with Crippen LogP contribution in [0.5, 0.6) is 0 Å². The van der Waals surface area contributed by atoms with Crippen molar-refractivity contribution in [3.8, 4) is 11.3 Å². The standard InChI is InChI=1S/C36H32ClN5O3/c37-32-31(26-12-14-28(15-13-26)39-35(44)45-22-23-7-3-1-4-8-23)40-34(41-32)36(20-30(36)25-9-5-2-6-10-25)42-18-17-27-19-24(21-38)11-16-29(27)33(42)43/h1-16,19,30H,17-18,20-22,38H2,(H,39,44)(H,40,41)/t30-,36?/m0/s1. The van der Waals surface area contributed by atoms with E-state index in [2.05, 4.69) is 22.4 Å². The van der Waals surface area contributed by atoms with Crippen LogP contribution < -0.4 is 11.1 Å². The molecule has 2 heterocycles. The molecule has 1 saturated carbocycles. The molecule has 1 unspecified atom stereocenters. The number of benzene rings is 4. The van der Waals surface area contributed by atoms with E-state index in [1.54, 1.807) is 12.1 Å². The zero-order chi connectivity index (χ0) is 31.0. The minimum atomic E-state index is -0.658. The number of carbonyl (C=O) groups is 2. The lowest BCUT2D eigenvalue weighted by Crippen LogP contribution is -2.46. The Morgan fingerprint density at radius 1 is 1.00 bits per heavy atom. The molecule has 45 heavy (non-hydrogen) atoms. The SMILES string of the molecule is NCc1ccc2c(c1)CCN(C1(c3nc(-c4ccc(NC(=O)OCc5ccccc5)cc4)c(Cl)[nH]3)C[C@H]1c1ccccc1)C2=O. The van der Waals surface area contributed by atoms with Crippen LogP contribution in [0, 0.1) is 0 Å². The van der Waals surface area contributed by atoms with E-state index in [-0.39, 0.29) is 18.4 Å². The summed E-state index contributed by atoms with van der Waals surface area (Å²) in [6, 6.07) is 32.9. The van der Waals surface area contributed by atoms with E-state index in [0.717, 1.165) is 40.7 Å². The molecule has 4 aromatic carbocycles. The van der Waals surface area contributed by atoms with Crippen LogP contribution in [0.2, 0.25) is 5.15 Å². The molecule has 2 atom stereocenters. The Bertz CT molecular complexity index is 1860. The van der Waals surface area contributed by atoms with Gasteiger partial charge in [0.15, 0.2) is 0 Å². The number of nitrogens with two attached hydrogens (primary N) is 1. The van der Waals surface area contributed by atoms with E-state index in [1.165, 1.54) is 0 Å². The third-order valence-electron chi connectivity index (χ3n) is 8.79. The maximum Gasteiger partial charge on any atom is 0.411 e.